The monoisotopic (exact) mass is 372 g/mol. The summed E-state index contributed by atoms with van der Waals surface area (Å²) in [6.07, 6.45) is 1.55. The Kier molecular flexibility index (Phi) is 4.16. The van der Waals surface area contributed by atoms with Gasteiger partial charge in [0.1, 0.15) is 0 Å². The molecule has 1 N–H and O–H groups in total. The number of carbonyl (C=O) groups is 1. The Morgan fingerprint density at radius 3 is 2.74 bits per heavy atom. The van der Waals surface area contributed by atoms with Crippen LogP contribution in [0.1, 0.15) is 27.6 Å². The van der Waals surface area contributed by atoms with E-state index in [0.29, 0.717) is 5.78 Å². The second kappa shape index (κ2) is 6.25. The molecule has 0 radical (unpaired) electrons. The van der Waals surface area contributed by atoms with E-state index >= 15 is 0 Å². The molecule has 0 saturated heterocycles. The third kappa shape index (κ3) is 3.42. The Labute approximate surface area is 140 Å². The van der Waals surface area contributed by atoms with E-state index in [0.717, 1.165) is 21.4 Å². The molecule has 0 aliphatic heterocycles. The van der Waals surface area contributed by atoms with E-state index in [1.54, 1.807) is 6.21 Å². The van der Waals surface area contributed by atoms with Crippen LogP contribution in [0.15, 0.2) is 39.9 Å². The molecule has 0 atom stereocenters. The zero-order chi connectivity index (χ0) is 16.4. The van der Waals surface area contributed by atoms with Crippen molar-refractivity contribution < 1.29 is 4.79 Å². The molecule has 0 saturated carbocycles. The fourth-order valence-corrected chi connectivity index (χ4v) is 2.29. The zero-order valence-electron chi connectivity index (χ0n) is 12.5. The van der Waals surface area contributed by atoms with Crippen LogP contribution in [0, 0.1) is 13.8 Å². The summed E-state index contributed by atoms with van der Waals surface area (Å²) in [5, 5.41) is 8.05. The molecular weight excluding hydrogens is 360 g/mol. The molecule has 2 heterocycles. The van der Waals surface area contributed by atoms with Crippen molar-refractivity contribution in [2.75, 3.05) is 0 Å². The molecule has 0 aliphatic carbocycles. The third-order valence-corrected chi connectivity index (χ3v) is 3.60. The van der Waals surface area contributed by atoms with E-state index in [-0.39, 0.29) is 5.82 Å². The quantitative estimate of drug-likeness (QED) is 0.564. The van der Waals surface area contributed by atoms with E-state index in [2.05, 4.69) is 41.5 Å². The van der Waals surface area contributed by atoms with Gasteiger partial charge in [-0.1, -0.05) is 28.1 Å². The maximum Gasteiger partial charge on any atom is 0.311 e. The van der Waals surface area contributed by atoms with E-state index in [1.807, 2.05) is 44.2 Å². The number of halogens is 1. The summed E-state index contributed by atoms with van der Waals surface area (Å²) in [5.41, 5.74) is 4.96. The fourth-order valence-electron chi connectivity index (χ4n) is 2.03. The average molecular weight is 373 g/mol. The van der Waals surface area contributed by atoms with Gasteiger partial charge in [0.05, 0.1) is 6.21 Å². The molecule has 3 rings (SSSR count). The first-order chi connectivity index (χ1) is 11.0. The van der Waals surface area contributed by atoms with Gasteiger partial charge in [0.15, 0.2) is 0 Å². The Bertz CT molecular complexity index is 900. The van der Waals surface area contributed by atoms with Crippen molar-refractivity contribution in [3.05, 3.63) is 57.6 Å². The van der Waals surface area contributed by atoms with Gasteiger partial charge in [0, 0.05) is 15.9 Å². The van der Waals surface area contributed by atoms with E-state index < -0.39 is 5.91 Å². The number of hydrogen-bond donors (Lipinski definition) is 1. The number of aryl methyl sites for hydroxylation is 2. The Hall–Kier alpha value is -2.61. The molecule has 0 aliphatic rings. The normalized spacial score (nSPS) is 11.3. The van der Waals surface area contributed by atoms with Crippen LogP contribution in [0.25, 0.3) is 5.78 Å². The standard InChI is InChI=1S/C15H13BrN6O/c1-9-7-10(2)22-15(18-9)19-13(21-22)14(23)20-17-8-11-3-5-12(16)6-4-11/h3-8H,1-2H3,(H,20,23). The van der Waals surface area contributed by atoms with Gasteiger partial charge in [-0.05, 0) is 37.6 Å². The van der Waals surface area contributed by atoms with E-state index in [9.17, 15) is 4.79 Å². The Balaban J connectivity index is 1.75. The molecule has 116 valence electrons. The molecule has 23 heavy (non-hydrogen) atoms. The molecule has 2 aromatic heterocycles. The summed E-state index contributed by atoms with van der Waals surface area (Å²) < 4.78 is 2.51. The molecule has 0 unspecified atom stereocenters. The number of aromatic nitrogens is 4. The van der Waals surface area contributed by atoms with Crippen molar-refractivity contribution in [3.8, 4) is 0 Å². The lowest BCUT2D eigenvalue weighted by Gasteiger charge is -1.97. The van der Waals surface area contributed by atoms with Crippen LogP contribution in [0.5, 0.6) is 0 Å². The number of hydrogen-bond acceptors (Lipinski definition) is 5. The number of nitrogens with zero attached hydrogens (tertiary/aromatic N) is 5. The molecular formula is C15H13BrN6O. The summed E-state index contributed by atoms with van der Waals surface area (Å²) in [6, 6.07) is 9.40. The SMILES string of the molecule is Cc1cc(C)n2nc(C(=O)NN=Cc3ccc(Br)cc3)nc2n1. The molecule has 1 amide bonds. The molecule has 3 aromatic rings. The number of amides is 1. The van der Waals surface area contributed by atoms with Crippen LogP contribution in [-0.2, 0) is 0 Å². The van der Waals surface area contributed by atoms with E-state index in [1.165, 1.54) is 4.52 Å². The van der Waals surface area contributed by atoms with Crippen molar-refractivity contribution in [2.45, 2.75) is 13.8 Å². The summed E-state index contributed by atoms with van der Waals surface area (Å²) in [6.45, 7) is 3.74. The van der Waals surface area contributed by atoms with Gasteiger partial charge in [0.25, 0.3) is 5.78 Å². The molecule has 8 heteroatoms. The minimum absolute atomic E-state index is 0.0270. The number of rotatable bonds is 3. The summed E-state index contributed by atoms with van der Waals surface area (Å²) >= 11 is 3.36. The van der Waals surface area contributed by atoms with Gasteiger partial charge in [0.2, 0.25) is 5.82 Å². The van der Waals surface area contributed by atoms with Crippen LogP contribution >= 0.6 is 15.9 Å². The third-order valence-electron chi connectivity index (χ3n) is 3.07. The minimum atomic E-state index is -0.485. The second-order valence-electron chi connectivity index (χ2n) is 4.94. The van der Waals surface area contributed by atoms with Crippen LogP contribution < -0.4 is 5.43 Å². The highest BCUT2D eigenvalue weighted by molar-refractivity contribution is 9.10. The Morgan fingerprint density at radius 2 is 2.00 bits per heavy atom. The smallest absolute Gasteiger partial charge is 0.264 e. The number of hydrazone groups is 1. The van der Waals surface area contributed by atoms with Crippen LogP contribution in [0.3, 0.4) is 0 Å². The van der Waals surface area contributed by atoms with E-state index in [4.69, 9.17) is 0 Å². The van der Waals surface area contributed by atoms with Gasteiger partial charge in [-0.2, -0.15) is 10.1 Å². The predicted molar refractivity (Wildman–Crippen MR) is 89.5 cm³/mol. The number of fused-ring (bicyclic) bond motifs is 1. The summed E-state index contributed by atoms with van der Waals surface area (Å²) in [7, 11) is 0. The molecule has 7 nitrogen and oxygen atoms in total. The fraction of sp³-hybridized carbons (Fsp3) is 0.133. The van der Waals surface area contributed by atoms with Gasteiger partial charge in [-0.15, -0.1) is 5.10 Å². The lowest BCUT2D eigenvalue weighted by atomic mass is 10.2. The largest absolute Gasteiger partial charge is 0.311 e. The topological polar surface area (TPSA) is 84.5 Å². The predicted octanol–water partition coefficient (Wildman–Crippen LogP) is 2.27. The Morgan fingerprint density at radius 1 is 1.26 bits per heavy atom. The van der Waals surface area contributed by atoms with Crippen LogP contribution in [0.2, 0.25) is 0 Å². The average Bonchev–Trinajstić information content (AvgIpc) is 2.93. The maximum absolute atomic E-state index is 12.1. The summed E-state index contributed by atoms with van der Waals surface area (Å²) in [4.78, 5) is 20.4. The highest BCUT2D eigenvalue weighted by Gasteiger charge is 2.14. The van der Waals surface area contributed by atoms with Crippen LogP contribution in [-0.4, -0.2) is 31.7 Å². The highest BCUT2D eigenvalue weighted by Crippen LogP contribution is 2.09. The van der Waals surface area contributed by atoms with Gasteiger partial charge >= 0.3 is 5.91 Å². The second-order valence-corrected chi connectivity index (χ2v) is 5.85. The van der Waals surface area contributed by atoms with Crippen molar-refractivity contribution in [1.82, 2.24) is 25.0 Å². The van der Waals surface area contributed by atoms with Crippen molar-refractivity contribution in [1.29, 1.82) is 0 Å². The summed E-state index contributed by atoms with van der Waals surface area (Å²) in [5.74, 6) is -0.0652. The number of benzene rings is 1. The molecule has 0 bridgehead atoms. The number of nitrogens with one attached hydrogen (secondary N) is 1. The molecule has 0 spiro atoms. The van der Waals surface area contributed by atoms with Gasteiger partial charge < -0.3 is 0 Å². The highest BCUT2D eigenvalue weighted by atomic mass is 79.9. The van der Waals surface area contributed by atoms with Crippen molar-refractivity contribution in [2.24, 2.45) is 5.10 Å². The number of carbonyl (C=O) groups excluding carboxylic acids is 1. The minimum Gasteiger partial charge on any atom is -0.264 e. The van der Waals surface area contributed by atoms with Gasteiger partial charge in [-0.3, -0.25) is 4.79 Å². The van der Waals surface area contributed by atoms with Gasteiger partial charge in [-0.25, -0.2) is 14.9 Å². The molecule has 0 fully saturated rings. The van der Waals surface area contributed by atoms with Crippen molar-refractivity contribution in [3.63, 3.8) is 0 Å². The lowest BCUT2D eigenvalue weighted by molar-refractivity contribution is 0.0945. The maximum atomic E-state index is 12.1. The first kappa shape index (κ1) is 15.3. The first-order valence-corrected chi connectivity index (χ1v) is 7.62. The lowest BCUT2D eigenvalue weighted by Crippen LogP contribution is -2.19. The first-order valence-electron chi connectivity index (χ1n) is 6.83. The zero-order valence-corrected chi connectivity index (χ0v) is 14.1. The molecule has 1 aromatic carbocycles. The van der Waals surface area contributed by atoms with Crippen molar-refractivity contribution >= 4 is 33.8 Å². The van der Waals surface area contributed by atoms with Crippen LogP contribution in [0.4, 0.5) is 0 Å².